The Labute approximate surface area is 79.4 Å². The van der Waals surface area contributed by atoms with Gasteiger partial charge in [-0.15, -0.1) is 0 Å². The van der Waals surface area contributed by atoms with Gasteiger partial charge in [0.1, 0.15) is 5.75 Å². The molecule has 0 heterocycles. The second-order valence-corrected chi connectivity index (χ2v) is 4.13. The smallest absolute Gasteiger partial charge is 0.116 e. The normalized spacial score (nSPS) is 21.2. The second-order valence-electron chi connectivity index (χ2n) is 4.13. The van der Waals surface area contributed by atoms with Gasteiger partial charge in [-0.2, -0.15) is 0 Å². The van der Waals surface area contributed by atoms with Crippen LogP contribution in [0, 0.1) is 6.92 Å². The molecule has 2 rings (SSSR count). The zero-order chi connectivity index (χ0) is 9.42. The molecule has 0 saturated heterocycles. The molecule has 70 valence electrons. The molecule has 1 N–H and O–H groups in total. The average Bonchev–Trinajstić information content (AvgIpc) is 2.02. The van der Waals surface area contributed by atoms with Crippen molar-refractivity contribution < 1.29 is 5.11 Å². The van der Waals surface area contributed by atoms with Gasteiger partial charge in [-0.05, 0) is 60.9 Å². The molecular formula is C12H16O. The standard InChI is InChI=1S/C12H16O/c1-8-4-3-5-10-7-11(13)6-9(2)12(8)10/h6-8,13H,3-5H2,1-2H3/t8-/m0/s1. The number of benzene rings is 1. The Bertz CT molecular complexity index is 328. The zero-order valence-corrected chi connectivity index (χ0v) is 8.30. The molecule has 1 aromatic rings. The van der Waals surface area contributed by atoms with Gasteiger partial charge in [0.25, 0.3) is 0 Å². The molecule has 1 aliphatic carbocycles. The quantitative estimate of drug-likeness (QED) is 0.644. The molecule has 1 aliphatic rings. The lowest BCUT2D eigenvalue weighted by Crippen LogP contribution is -2.08. The molecule has 1 aromatic carbocycles. The number of phenolic OH excluding ortho intramolecular Hbond substituents is 1. The molecule has 13 heavy (non-hydrogen) atoms. The highest BCUT2D eigenvalue weighted by Crippen LogP contribution is 2.35. The molecule has 1 atom stereocenters. The Kier molecular flexibility index (Phi) is 2.03. The summed E-state index contributed by atoms with van der Waals surface area (Å²) in [5, 5.41) is 9.46. The minimum absolute atomic E-state index is 0.422. The van der Waals surface area contributed by atoms with E-state index in [4.69, 9.17) is 0 Å². The monoisotopic (exact) mass is 176 g/mol. The minimum atomic E-state index is 0.422. The summed E-state index contributed by atoms with van der Waals surface area (Å²) >= 11 is 0. The first-order valence-corrected chi connectivity index (χ1v) is 5.01. The van der Waals surface area contributed by atoms with Crippen molar-refractivity contribution in [2.45, 2.75) is 39.0 Å². The van der Waals surface area contributed by atoms with Crippen LogP contribution >= 0.6 is 0 Å². The van der Waals surface area contributed by atoms with E-state index < -0.39 is 0 Å². The lowest BCUT2D eigenvalue weighted by atomic mass is 9.81. The molecule has 0 aliphatic heterocycles. The topological polar surface area (TPSA) is 20.2 Å². The minimum Gasteiger partial charge on any atom is -0.508 e. The molecule has 0 unspecified atom stereocenters. The first-order valence-electron chi connectivity index (χ1n) is 5.01. The van der Waals surface area contributed by atoms with Gasteiger partial charge in [0, 0.05) is 0 Å². The van der Waals surface area contributed by atoms with E-state index in [2.05, 4.69) is 13.8 Å². The molecule has 0 radical (unpaired) electrons. The molecule has 0 amide bonds. The van der Waals surface area contributed by atoms with E-state index in [1.54, 1.807) is 0 Å². The molecule has 0 fully saturated rings. The predicted octanol–water partition coefficient (Wildman–Crippen LogP) is 3.14. The van der Waals surface area contributed by atoms with Crippen LogP contribution in [0.2, 0.25) is 0 Å². The molecule has 0 bridgehead atoms. The van der Waals surface area contributed by atoms with Gasteiger partial charge in [0.2, 0.25) is 0 Å². The van der Waals surface area contributed by atoms with Gasteiger partial charge in [-0.1, -0.05) is 6.92 Å². The summed E-state index contributed by atoms with van der Waals surface area (Å²) < 4.78 is 0. The van der Waals surface area contributed by atoms with Crippen LogP contribution in [0.5, 0.6) is 5.75 Å². The number of phenols is 1. The van der Waals surface area contributed by atoms with Crippen molar-refractivity contribution in [1.82, 2.24) is 0 Å². The summed E-state index contributed by atoms with van der Waals surface area (Å²) in [5.41, 5.74) is 4.09. The van der Waals surface area contributed by atoms with Crippen LogP contribution in [0.15, 0.2) is 12.1 Å². The van der Waals surface area contributed by atoms with Crippen molar-refractivity contribution in [2.75, 3.05) is 0 Å². The van der Waals surface area contributed by atoms with Gasteiger partial charge in [-0.3, -0.25) is 0 Å². The van der Waals surface area contributed by atoms with Crippen molar-refractivity contribution in [3.05, 3.63) is 28.8 Å². The van der Waals surface area contributed by atoms with Crippen molar-refractivity contribution >= 4 is 0 Å². The SMILES string of the molecule is Cc1cc(O)cc2c1[C@@H](C)CCC2. The van der Waals surface area contributed by atoms with E-state index in [0.29, 0.717) is 11.7 Å². The van der Waals surface area contributed by atoms with E-state index in [0.717, 1.165) is 6.42 Å². The van der Waals surface area contributed by atoms with Crippen molar-refractivity contribution in [1.29, 1.82) is 0 Å². The largest absolute Gasteiger partial charge is 0.508 e. The van der Waals surface area contributed by atoms with Crippen LogP contribution in [-0.2, 0) is 6.42 Å². The summed E-state index contributed by atoms with van der Waals surface area (Å²) in [4.78, 5) is 0. The fraction of sp³-hybridized carbons (Fsp3) is 0.500. The average molecular weight is 176 g/mol. The molecule has 0 spiro atoms. The van der Waals surface area contributed by atoms with Crippen molar-refractivity contribution in [3.8, 4) is 5.75 Å². The van der Waals surface area contributed by atoms with Crippen LogP contribution < -0.4 is 0 Å². The van der Waals surface area contributed by atoms with Gasteiger partial charge < -0.3 is 5.11 Å². The van der Waals surface area contributed by atoms with Crippen molar-refractivity contribution in [2.24, 2.45) is 0 Å². The van der Waals surface area contributed by atoms with E-state index in [-0.39, 0.29) is 0 Å². The van der Waals surface area contributed by atoms with Gasteiger partial charge in [0.05, 0.1) is 0 Å². The first-order chi connectivity index (χ1) is 6.18. The van der Waals surface area contributed by atoms with E-state index in [9.17, 15) is 5.11 Å². The maximum atomic E-state index is 9.46. The highest BCUT2D eigenvalue weighted by atomic mass is 16.3. The lowest BCUT2D eigenvalue weighted by molar-refractivity contribution is 0.471. The van der Waals surface area contributed by atoms with Crippen LogP contribution in [0.1, 0.15) is 42.4 Å². The molecule has 1 heteroatoms. The Balaban J connectivity index is 2.56. The fourth-order valence-electron chi connectivity index (χ4n) is 2.51. The van der Waals surface area contributed by atoms with E-state index >= 15 is 0 Å². The Morgan fingerprint density at radius 3 is 2.92 bits per heavy atom. The molecular weight excluding hydrogens is 160 g/mol. The summed E-state index contributed by atoms with van der Waals surface area (Å²) in [7, 11) is 0. The van der Waals surface area contributed by atoms with E-state index in [1.807, 2.05) is 12.1 Å². The summed E-state index contributed by atoms with van der Waals surface area (Å²) in [5.74, 6) is 1.09. The Hall–Kier alpha value is -0.980. The summed E-state index contributed by atoms with van der Waals surface area (Å²) in [6.45, 7) is 4.38. The Morgan fingerprint density at radius 1 is 1.38 bits per heavy atom. The maximum Gasteiger partial charge on any atom is 0.116 e. The van der Waals surface area contributed by atoms with Gasteiger partial charge in [-0.25, -0.2) is 0 Å². The van der Waals surface area contributed by atoms with Crippen LogP contribution in [0.25, 0.3) is 0 Å². The number of fused-ring (bicyclic) bond motifs is 1. The summed E-state index contributed by atoms with van der Waals surface area (Å²) in [6, 6.07) is 3.80. The van der Waals surface area contributed by atoms with Crippen molar-refractivity contribution in [3.63, 3.8) is 0 Å². The zero-order valence-electron chi connectivity index (χ0n) is 8.30. The second kappa shape index (κ2) is 3.06. The number of aryl methyl sites for hydroxylation is 2. The molecule has 0 saturated carbocycles. The lowest BCUT2D eigenvalue weighted by Gasteiger charge is -2.24. The highest BCUT2D eigenvalue weighted by molar-refractivity contribution is 5.44. The third-order valence-corrected chi connectivity index (χ3v) is 3.03. The maximum absolute atomic E-state index is 9.46. The van der Waals surface area contributed by atoms with E-state index in [1.165, 1.54) is 29.5 Å². The highest BCUT2D eigenvalue weighted by Gasteiger charge is 2.18. The molecule has 1 nitrogen and oxygen atoms in total. The number of rotatable bonds is 0. The van der Waals surface area contributed by atoms with Gasteiger partial charge >= 0.3 is 0 Å². The summed E-state index contributed by atoms with van der Waals surface area (Å²) in [6.07, 6.45) is 3.69. The number of aromatic hydroxyl groups is 1. The predicted molar refractivity (Wildman–Crippen MR) is 54.2 cm³/mol. The van der Waals surface area contributed by atoms with Crippen LogP contribution in [-0.4, -0.2) is 5.11 Å². The number of hydrogen-bond acceptors (Lipinski definition) is 1. The fourth-order valence-corrected chi connectivity index (χ4v) is 2.51. The third-order valence-electron chi connectivity index (χ3n) is 3.03. The third kappa shape index (κ3) is 1.43. The van der Waals surface area contributed by atoms with Gasteiger partial charge in [0.15, 0.2) is 0 Å². The molecule has 0 aromatic heterocycles. The first kappa shape index (κ1) is 8.61. The number of hydrogen-bond donors (Lipinski definition) is 1. The Morgan fingerprint density at radius 2 is 2.15 bits per heavy atom. The van der Waals surface area contributed by atoms with Crippen LogP contribution in [0.4, 0.5) is 0 Å². The van der Waals surface area contributed by atoms with Crippen LogP contribution in [0.3, 0.4) is 0 Å².